The zero-order valence-electron chi connectivity index (χ0n) is 18.6. The van der Waals surface area contributed by atoms with Crippen LogP contribution in [0.25, 0.3) is 0 Å². The number of rotatable bonds is 20. The number of hydrogen-bond acceptors (Lipinski definition) is 0. The van der Waals surface area contributed by atoms with Crippen LogP contribution in [0.5, 0.6) is 0 Å². The first-order valence-corrected chi connectivity index (χ1v) is 15.1. The van der Waals surface area contributed by atoms with Crippen LogP contribution in [0.15, 0.2) is 0 Å². The Hall–Kier alpha value is 0.430. The van der Waals surface area contributed by atoms with Crippen molar-refractivity contribution in [1.29, 1.82) is 0 Å². The van der Waals surface area contributed by atoms with Gasteiger partial charge >= 0.3 is 162 Å². The van der Waals surface area contributed by atoms with Gasteiger partial charge in [0.15, 0.2) is 0 Å². The van der Waals surface area contributed by atoms with Crippen molar-refractivity contribution in [2.45, 2.75) is 130 Å². The van der Waals surface area contributed by atoms with Gasteiger partial charge < -0.3 is 0 Å². The number of unbranched alkanes of at least 4 members (excludes halogenated alkanes) is 12. The quantitative estimate of drug-likeness (QED) is 0.148. The van der Waals surface area contributed by atoms with Crippen LogP contribution in [0.1, 0.15) is 130 Å². The summed E-state index contributed by atoms with van der Waals surface area (Å²) in [6, 6.07) is 0. The minimum atomic E-state index is -0.976. The van der Waals surface area contributed by atoms with E-state index in [1.165, 1.54) is 83.5 Å². The molecule has 0 radical (unpaired) electrons. The van der Waals surface area contributed by atoms with Crippen LogP contribution in [0.2, 0.25) is 0 Å². The molecule has 0 nitrogen and oxygen atoms in total. The van der Waals surface area contributed by atoms with Crippen molar-refractivity contribution >= 4 is 7.26 Å². The summed E-state index contributed by atoms with van der Waals surface area (Å²) in [4.78, 5) is 0. The van der Waals surface area contributed by atoms with Gasteiger partial charge in [-0.25, -0.2) is 0 Å². The molecule has 0 saturated heterocycles. The Morgan fingerprint density at radius 2 is 0.640 bits per heavy atom. The van der Waals surface area contributed by atoms with Gasteiger partial charge in [-0.1, -0.05) is 0 Å². The van der Waals surface area contributed by atoms with Crippen LogP contribution < -0.4 is 0 Å². The van der Waals surface area contributed by atoms with Gasteiger partial charge in [0.05, 0.1) is 0 Å². The molecule has 0 aliphatic heterocycles. The Morgan fingerprint density at radius 3 is 0.920 bits per heavy atom. The SMILES string of the molecule is CCCCCCC[PH](CCC)(CCCCCCC)CCCCCCC. The molecule has 0 atom stereocenters. The van der Waals surface area contributed by atoms with Gasteiger partial charge in [0.2, 0.25) is 0 Å². The molecule has 0 aliphatic carbocycles. The van der Waals surface area contributed by atoms with Gasteiger partial charge in [-0.2, -0.15) is 0 Å². The predicted molar refractivity (Wildman–Crippen MR) is 124 cm³/mol. The second-order valence-electron chi connectivity index (χ2n) is 8.74. The summed E-state index contributed by atoms with van der Waals surface area (Å²) in [6.07, 6.45) is 30.2. The molecule has 0 aromatic heterocycles. The molecule has 0 aliphatic rings. The van der Waals surface area contributed by atoms with Crippen LogP contribution in [0, 0.1) is 0 Å². The molecule has 0 saturated carbocycles. The van der Waals surface area contributed by atoms with E-state index < -0.39 is 7.26 Å². The number of hydrogen-bond donors (Lipinski definition) is 0. The van der Waals surface area contributed by atoms with Gasteiger partial charge in [0.1, 0.15) is 0 Å². The molecule has 0 amide bonds. The van der Waals surface area contributed by atoms with Crippen molar-refractivity contribution in [2.24, 2.45) is 0 Å². The van der Waals surface area contributed by atoms with E-state index in [1.807, 2.05) is 0 Å². The van der Waals surface area contributed by atoms with E-state index in [0.29, 0.717) is 0 Å². The summed E-state index contributed by atoms with van der Waals surface area (Å²) < 4.78 is 0. The molecule has 0 fully saturated rings. The monoisotopic (exact) mass is 372 g/mol. The van der Waals surface area contributed by atoms with Crippen LogP contribution in [-0.2, 0) is 0 Å². The average molecular weight is 373 g/mol. The van der Waals surface area contributed by atoms with Crippen molar-refractivity contribution in [2.75, 3.05) is 24.6 Å². The molecular weight excluding hydrogens is 319 g/mol. The normalized spacial score (nSPS) is 12.6. The summed E-state index contributed by atoms with van der Waals surface area (Å²) in [5.74, 6) is 0. The topological polar surface area (TPSA) is 0 Å². The fraction of sp³-hybridized carbons (Fsp3) is 1.00. The van der Waals surface area contributed by atoms with Crippen molar-refractivity contribution in [1.82, 2.24) is 0 Å². The fourth-order valence-corrected chi connectivity index (χ4v) is 10.2. The Bertz CT molecular complexity index is 212. The van der Waals surface area contributed by atoms with Crippen molar-refractivity contribution in [3.63, 3.8) is 0 Å². The van der Waals surface area contributed by atoms with Gasteiger partial charge in [-0.05, 0) is 0 Å². The van der Waals surface area contributed by atoms with Crippen molar-refractivity contribution < 1.29 is 0 Å². The van der Waals surface area contributed by atoms with E-state index in [-0.39, 0.29) is 0 Å². The molecule has 0 bridgehead atoms. The van der Waals surface area contributed by atoms with Crippen LogP contribution in [-0.4, -0.2) is 24.6 Å². The Kier molecular flexibility index (Phi) is 19.5. The molecular formula is C24H53P. The summed E-state index contributed by atoms with van der Waals surface area (Å²) in [5.41, 5.74) is 0. The first-order chi connectivity index (χ1) is 12.2. The third-order valence-electron chi connectivity index (χ3n) is 6.21. The van der Waals surface area contributed by atoms with Crippen LogP contribution in [0.3, 0.4) is 0 Å². The van der Waals surface area contributed by atoms with Gasteiger partial charge in [0.25, 0.3) is 0 Å². The summed E-state index contributed by atoms with van der Waals surface area (Å²) >= 11 is 0. The molecule has 0 unspecified atom stereocenters. The second kappa shape index (κ2) is 19.2. The van der Waals surface area contributed by atoms with Crippen molar-refractivity contribution in [3.8, 4) is 0 Å². The molecule has 25 heavy (non-hydrogen) atoms. The first kappa shape index (κ1) is 25.4. The maximum atomic E-state index is 2.45. The van der Waals surface area contributed by atoms with Gasteiger partial charge in [-0.15, -0.1) is 0 Å². The molecule has 1 heteroatoms. The molecule has 0 aromatic carbocycles. The molecule has 0 aromatic rings. The summed E-state index contributed by atoms with van der Waals surface area (Å²) in [6.45, 7) is 9.46. The fourth-order valence-electron chi connectivity index (χ4n) is 4.59. The zero-order valence-corrected chi connectivity index (χ0v) is 19.6. The Morgan fingerprint density at radius 1 is 0.320 bits per heavy atom. The minimum absolute atomic E-state index is 0.976. The van der Waals surface area contributed by atoms with E-state index >= 15 is 0 Å². The molecule has 0 spiro atoms. The summed E-state index contributed by atoms with van der Waals surface area (Å²) in [7, 11) is -0.976. The van der Waals surface area contributed by atoms with Gasteiger partial charge in [0, 0.05) is 0 Å². The maximum absolute atomic E-state index is 2.45. The first-order valence-electron chi connectivity index (χ1n) is 12.2. The molecule has 0 rings (SSSR count). The van der Waals surface area contributed by atoms with E-state index in [1.54, 1.807) is 43.9 Å². The molecule has 0 N–H and O–H groups in total. The van der Waals surface area contributed by atoms with Crippen LogP contribution in [0.4, 0.5) is 0 Å². The Balaban J connectivity index is 4.40. The predicted octanol–water partition coefficient (Wildman–Crippen LogP) is 9.06. The molecule has 154 valence electrons. The van der Waals surface area contributed by atoms with Gasteiger partial charge in [-0.3, -0.25) is 0 Å². The van der Waals surface area contributed by atoms with Crippen molar-refractivity contribution in [3.05, 3.63) is 0 Å². The third kappa shape index (κ3) is 15.2. The average Bonchev–Trinajstić information content (AvgIpc) is 2.61. The van der Waals surface area contributed by atoms with E-state index in [9.17, 15) is 0 Å². The van der Waals surface area contributed by atoms with Crippen LogP contribution >= 0.6 is 7.26 Å². The zero-order chi connectivity index (χ0) is 18.6. The van der Waals surface area contributed by atoms with E-state index in [2.05, 4.69) is 27.7 Å². The van der Waals surface area contributed by atoms with E-state index in [0.717, 1.165) is 0 Å². The standard InChI is InChI=1S/C24H53P/c1-5-9-12-15-18-22-25(21-8-4,23-19-16-13-10-6-2)24-20-17-14-11-7-3/h25H,5-24H2,1-4H3. The molecule has 0 heterocycles. The summed E-state index contributed by atoms with van der Waals surface area (Å²) in [5, 5.41) is 0. The van der Waals surface area contributed by atoms with E-state index in [4.69, 9.17) is 0 Å². The third-order valence-corrected chi connectivity index (χ3v) is 12.0. The second-order valence-corrected chi connectivity index (χ2v) is 13.7. The Labute approximate surface area is 162 Å².